The summed E-state index contributed by atoms with van der Waals surface area (Å²) in [5.74, 6) is -2.47. The van der Waals surface area contributed by atoms with E-state index in [-0.39, 0.29) is 25.7 Å². The van der Waals surface area contributed by atoms with Crippen LogP contribution in [0.15, 0.2) is 0 Å². The van der Waals surface area contributed by atoms with Crippen LogP contribution in [0.25, 0.3) is 0 Å². The van der Waals surface area contributed by atoms with Crippen molar-refractivity contribution in [2.45, 2.75) is 25.7 Å². The quantitative estimate of drug-likeness (QED) is 0.603. The molecule has 7 heteroatoms. The van der Waals surface area contributed by atoms with Crippen LogP contribution in [0.2, 0.25) is 0 Å². The lowest BCUT2D eigenvalue weighted by Crippen LogP contribution is -2.32. The Morgan fingerprint density at radius 3 is 2.25 bits per heavy atom. The number of Topliss-reactive ketones (excluding diaryl/α,β-unsaturated/α-hetero) is 1. The van der Waals surface area contributed by atoms with E-state index in [1.165, 1.54) is 0 Å². The lowest BCUT2D eigenvalue weighted by Gasteiger charge is -2.11. The van der Waals surface area contributed by atoms with Crippen molar-refractivity contribution < 1.29 is 29.1 Å². The molecule has 0 saturated carbocycles. The molecule has 2 amide bonds. The maximum Gasteiger partial charge on any atom is 0.333 e. The molecule has 1 aliphatic rings. The third-order valence-electron chi connectivity index (χ3n) is 1.98. The van der Waals surface area contributed by atoms with E-state index in [1.807, 2.05) is 0 Å². The van der Waals surface area contributed by atoms with Crippen molar-refractivity contribution in [2.75, 3.05) is 6.61 Å². The van der Waals surface area contributed by atoms with E-state index in [9.17, 15) is 19.2 Å². The van der Waals surface area contributed by atoms with Gasteiger partial charge >= 0.3 is 5.97 Å². The third-order valence-corrected chi connectivity index (χ3v) is 1.98. The highest BCUT2D eigenvalue weighted by atomic mass is 16.7. The number of nitrogens with zero attached hydrogens (tertiary/aromatic N) is 1. The zero-order chi connectivity index (χ0) is 12.1. The standard InChI is InChI=1S/C9H11NO6/c11-5-6(12)1-4-9(15)16-10-7(13)2-3-8(10)14/h11H,1-5H2. The minimum Gasteiger partial charge on any atom is -0.389 e. The van der Waals surface area contributed by atoms with Crippen LogP contribution >= 0.6 is 0 Å². The van der Waals surface area contributed by atoms with Crippen LogP contribution in [0.5, 0.6) is 0 Å². The number of hydrogen-bond donors (Lipinski definition) is 1. The van der Waals surface area contributed by atoms with E-state index in [2.05, 4.69) is 4.84 Å². The molecule has 1 N–H and O–H groups in total. The maximum atomic E-state index is 11.1. The molecule has 1 aliphatic heterocycles. The van der Waals surface area contributed by atoms with Gasteiger partial charge in [-0.05, 0) is 0 Å². The number of aliphatic hydroxyl groups excluding tert-OH is 1. The summed E-state index contributed by atoms with van der Waals surface area (Å²) in [4.78, 5) is 48.3. The highest BCUT2D eigenvalue weighted by Gasteiger charge is 2.32. The minimum absolute atomic E-state index is 0.0294. The molecule has 0 spiro atoms. The van der Waals surface area contributed by atoms with Gasteiger partial charge in [0, 0.05) is 19.3 Å². The van der Waals surface area contributed by atoms with Crippen LogP contribution in [0.4, 0.5) is 0 Å². The van der Waals surface area contributed by atoms with E-state index in [0.717, 1.165) is 0 Å². The SMILES string of the molecule is O=C(CO)CCC(=O)ON1C(=O)CCC1=O. The Morgan fingerprint density at radius 2 is 1.75 bits per heavy atom. The second kappa shape index (κ2) is 5.36. The van der Waals surface area contributed by atoms with Gasteiger partial charge in [-0.15, -0.1) is 5.06 Å². The zero-order valence-corrected chi connectivity index (χ0v) is 8.47. The van der Waals surface area contributed by atoms with Gasteiger partial charge in [0.05, 0.1) is 6.42 Å². The average Bonchev–Trinajstić information content (AvgIpc) is 2.57. The van der Waals surface area contributed by atoms with Crippen LogP contribution in [0.1, 0.15) is 25.7 Å². The summed E-state index contributed by atoms with van der Waals surface area (Å²) < 4.78 is 0. The van der Waals surface area contributed by atoms with Crippen LogP contribution in [-0.4, -0.2) is 40.3 Å². The molecular formula is C9H11NO6. The van der Waals surface area contributed by atoms with Gasteiger partial charge in [0.2, 0.25) is 0 Å². The number of aliphatic hydroxyl groups is 1. The van der Waals surface area contributed by atoms with Gasteiger partial charge < -0.3 is 9.94 Å². The molecule has 0 radical (unpaired) electrons. The van der Waals surface area contributed by atoms with Crippen molar-refractivity contribution >= 4 is 23.6 Å². The number of hydrogen-bond acceptors (Lipinski definition) is 6. The fraction of sp³-hybridized carbons (Fsp3) is 0.556. The molecule has 0 unspecified atom stereocenters. The summed E-state index contributed by atoms with van der Waals surface area (Å²) in [5.41, 5.74) is 0. The third kappa shape index (κ3) is 3.13. The average molecular weight is 229 g/mol. The first-order valence-electron chi connectivity index (χ1n) is 4.73. The molecule has 1 fully saturated rings. The number of imide groups is 1. The molecule has 0 aromatic heterocycles. The van der Waals surface area contributed by atoms with Crippen LogP contribution < -0.4 is 0 Å². The molecule has 0 aliphatic carbocycles. The highest BCUT2D eigenvalue weighted by Crippen LogP contribution is 2.12. The van der Waals surface area contributed by atoms with Crippen molar-refractivity contribution in [3.8, 4) is 0 Å². The predicted molar refractivity (Wildman–Crippen MR) is 48.5 cm³/mol. The Morgan fingerprint density at radius 1 is 1.19 bits per heavy atom. The van der Waals surface area contributed by atoms with E-state index < -0.39 is 30.2 Å². The molecule has 7 nitrogen and oxygen atoms in total. The second-order valence-electron chi connectivity index (χ2n) is 3.24. The summed E-state index contributed by atoms with van der Waals surface area (Å²) in [7, 11) is 0. The zero-order valence-electron chi connectivity index (χ0n) is 8.47. The molecule has 0 atom stereocenters. The summed E-state index contributed by atoms with van der Waals surface area (Å²) in [6.45, 7) is -0.644. The monoisotopic (exact) mass is 229 g/mol. The van der Waals surface area contributed by atoms with E-state index >= 15 is 0 Å². The van der Waals surface area contributed by atoms with E-state index in [4.69, 9.17) is 5.11 Å². The first-order chi connectivity index (χ1) is 7.54. The smallest absolute Gasteiger partial charge is 0.333 e. The summed E-state index contributed by atoms with van der Waals surface area (Å²) >= 11 is 0. The predicted octanol–water partition coefficient (Wildman–Crippen LogP) is -1.06. The van der Waals surface area contributed by atoms with Crippen LogP contribution in [0, 0.1) is 0 Å². The van der Waals surface area contributed by atoms with Gasteiger partial charge in [-0.25, -0.2) is 4.79 Å². The number of carbonyl (C=O) groups excluding carboxylic acids is 4. The number of hydroxylamine groups is 2. The number of ketones is 1. The molecule has 88 valence electrons. The summed E-state index contributed by atoms with van der Waals surface area (Å²) in [6.07, 6.45) is -0.384. The lowest BCUT2D eigenvalue weighted by molar-refractivity contribution is -0.197. The second-order valence-corrected chi connectivity index (χ2v) is 3.24. The molecule has 1 heterocycles. The Kier molecular flexibility index (Phi) is 4.12. The number of amides is 2. The topological polar surface area (TPSA) is 101 Å². The maximum absolute atomic E-state index is 11.1. The fourth-order valence-electron chi connectivity index (χ4n) is 1.13. The summed E-state index contributed by atoms with van der Waals surface area (Å²) in [5, 5.41) is 8.82. The largest absolute Gasteiger partial charge is 0.389 e. The van der Waals surface area contributed by atoms with Gasteiger partial charge in [-0.2, -0.15) is 0 Å². The van der Waals surface area contributed by atoms with E-state index in [1.54, 1.807) is 0 Å². The first-order valence-corrected chi connectivity index (χ1v) is 4.73. The molecular weight excluding hydrogens is 218 g/mol. The van der Waals surface area contributed by atoms with Crippen LogP contribution in [0.3, 0.4) is 0 Å². The molecule has 0 aromatic rings. The van der Waals surface area contributed by atoms with E-state index in [0.29, 0.717) is 5.06 Å². The van der Waals surface area contributed by atoms with Crippen molar-refractivity contribution in [3.05, 3.63) is 0 Å². The normalized spacial score (nSPS) is 15.4. The lowest BCUT2D eigenvalue weighted by atomic mass is 10.2. The Labute approximate surface area is 90.9 Å². The number of carbonyl (C=O) groups is 4. The van der Waals surface area contributed by atoms with Gasteiger partial charge in [0.25, 0.3) is 11.8 Å². The van der Waals surface area contributed by atoms with Crippen molar-refractivity contribution in [2.24, 2.45) is 0 Å². The van der Waals surface area contributed by atoms with Gasteiger partial charge in [0.15, 0.2) is 5.78 Å². The first kappa shape index (κ1) is 12.3. The Hall–Kier alpha value is -1.76. The van der Waals surface area contributed by atoms with Crippen LogP contribution in [-0.2, 0) is 24.0 Å². The highest BCUT2D eigenvalue weighted by molar-refractivity contribution is 6.01. The molecule has 0 bridgehead atoms. The number of rotatable bonds is 5. The summed E-state index contributed by atoms with van der Waals surface area (Å²) in [6, 6.07) is 0. The minimum atomic E-state index is -0.842. The molecule has 16 heavy (non-hydrogen) atoms. The van der Waals surface area contributed by atoms with Crippen molar-refractivity contribution in [3.63, 3.8) is 0 Å². The molecule has 0 aromatic carbocycles. The molecule has 1 rings (SSSR count). The van der Waals surface area contributed by atoms with Crippen molar-refractivity contribution in [1.82, 2.24) is 5.06 Å². The van der Waals surface area contributed by atoms with Gasteiger partial charge in [-0.1, -0.05) is 0 Å². The fourth-order valence-corrected chi connectivity index (χ4v) is 1.13. The Balaban J connectivity index is 2.36. The Bertz CT molecular complexity index is 321. The van der Waals surface area contributed by atoms with Crippen molar-refractivity contribution in [1.29, 1.82) is 0 Å². The van der Waals surface area contributed by atoms with Gasteiger partial charge in [-0.3, -0.25) is 14.4 Å². The molecule has 1 saturated heterocycles. The van der Waals surface area contributed by atoms with Gasteiger partial charge in [0.1, 0.15) is 6.61 Å².